The Balaban J connectivity index is 2.59. The molecule has 0 aliphatic carbocycles. The summed E-state index contributed by atoms with van der Waals surface area (Å²) in [5.41, 5.74) is 1.01. The molecule has 0 unspecified atom stereocenters. The Morgan fingerprint density at radius 2 is 2.12 bits per heavy atom. The van der Waals surface area contributed by atoms with Crippen LogP contribution in [0.25, 0.3) is 0 Å². The van der Waals surface area contributed by atoms with E-state index >= 15 is 0 Å². The molecule has 1 heterocycles. The minimum absolute atomic E-state index is 0.0706. The highest BCUT2D eigenvalue weighted by Crippen LogP contribution is 2.18. The Morgan fingerprint density at radius 3 is 2.71 bits per heavy atom. The van der Waals surface area contributed by atoms with Crippen LogP contribution in [0.2, 0.25) is 0 Å². The maximum absolute atomic E-state index is 8.64. The highest BCUT2D eigenvalue weighted by molar-refractivity contribution is 7.10. The first kappa shape index (κ1) is 14.2. The van der Waals surface area contributed by atoms with Gasteiger partial charge in [-0.25, -0.2) is 0 Å². The molecule has 2 nitrogen and oxygen atoms in total. The smallest absolute Gasteiger partial charge is 0.104 e. The molecule has 0 fully saturated rings. The van der Waals surface area contributed by atoms with Gasteiger partial charge in [-0.1, -0.05) is 25.7 Å². The van der Waals surface area contributed by atoms with E-state index in [1.165, 1.54) is 17.7 Å². The molecule has 0 bridgehead atoms. The highest BCUT2D eigenvalue weighted by Gasteiger charge is 2.11. The first-order valence-electron chi connectivity index (χ1n) is 6.08. The molecule has 1 N–H and O–H groups in total. The fraction of sp³-hybridized carbons (Fsp3) is 0.571. The fourth-order valence-electron chi connectivity index (χ4n) is 1.96. The van der Waals surface area contributed by atoms with E-state index in [0.29, 0.717) is 6.04 Å². The molecule has 0 atom stereocenters. The largest absolute Gasteiger partial charge is 0.384 e. The fourth-order valence-corrected chi connectivity index (χ4v) is 2.84. The van der Waals surface area contributed by atoms with Gasteiger partial charge < -0.3 is 5.11 Å². The predicted octanol–water partition coefficient (Wildman–Crippen LogP) is 2.71. The normalized spacial score (nSPS) is 10.7. The monoisotopic (exact) mass is 251 g/mol. The molecule has 0 aromatic carbocycles. The van der Waals surface area contributed by atoms with Crippen molar-refractivity contribution in [1.82, 2.24) is 4.90 Å². The van der Waals surface area contributed by atoms with Crippen LogP contribution in [0.5, 0.6) is 0 Å². The summed E-state index contributed by atoms with van der Waals surface area (Å²) in [5, 5.41) is 10.7. The summed E-state index contributed by atoms with van der Waals surface area (Å²) in [6.07, 6.45) is 2.38. The van der Waals surface area contributed by atoms with Gasteiger partial charge in [0.15, 0.2) is 0 Å². The van der Waals surface area contributed by atoms with E-state index in [9.17, 15) is 0 Å². The molecule has 0 aliphatic rings. The average Bonchev–Trinajstić information content (AvgIpc) is 2.75. The maximum atomic E-state index is 8.64. The summed E-state index contributed by atoms with van der Waals surface area (Å²) in [5.74, 6) is 5.61. The van der Waals surface area contributed by atoms with E-state index in [-0.39, 0.29) is 6.61 Å². The van der Waals surface area contributed by atoms with Crippen LogP contribution in [0.15, 0.2) is 11.4 Å². The molecule has 0 aliphatic heterocycles. The Bertz CT molecular complexity index is 384. The second-order valence-electron chi connectivity index (χ2n) is 4.15. The summed E-state index contributed by atoms with van der Waals surface area (Å²) in [4.78, 5) is 3.73. The van der Waals surface area contributed by atoms with Gasteiger partial charge in [-0.15, -0.1) is 11.3 Å². The number of aliphatic hydroxyl groups excluding tert-OH is 1. The average molecular weight is 251 g/mol. The van der Waals surface area contributed by atoms with E-state index in [0.717, 1.165) is 12.1 Å². The van der Waals surface area contributed by atoms with E-state index in [2.05, 4.69) is 49.1 Å². The second-order valence-corrected chi connectivity index (χ2v) is 5.14. The standard InChI is InChI=1S/C14H21NOS/c1-4-13(5-2)15(3)10-14-9-12(11-17-14)7-6-8-16/h9,11,13,16H,4-5,8,10H2,1-3H3. The predicted molar refractivity (Wildman–Crippen MR) is 74.1 cm³/mol. The van der Waals surface area contributed by atoms with Gasteiger partial charge in [0, 0.05) is 28.4 Å². The topological polar surface area (TPSA) is 23.5 Å². The molecule has 0 amide bonds. The second kappa shape index (κ2) is 7.50. The third-order valence-corrected chi connectivity index (χ3v) is 3.86. The lowest BCUT2D eigenvalue weighted by atomic mass is 10.1. The van der Waals surface area contributed by atoms with E-state index < -0.39 is 0 Å². The molecule has 0 saturated carbocycles. The van der Waals surface area contributed by atoms with Crippen molar-refractivity contribution in [3.8, 4) is 11.8 Å². The minimum Gasteiger partial charge on any atom is -0.384 e. The summed E-state index contributed by atoms with van der Waals surface area (Å²) >= 11 is 1.74. The molecule has 0 spiro atoms. The van der Waals surface area contributed by atoms with Crippen LogP contribution >= 0.6 is 11.3 Å². The molecule has 0 radical (unpaired) electrons. The number of nitrogens with zero attached hydrogens (tertiary/aromatic N) is 1. The first-order valence-corrected chi connectivity index (χ1v) is 6.96. The third kappa shape index (κ3) is 4.51. The first-order chi connectivity index (χ1) is 8.21. The number of aliphatic hydroxyl groups is 1. The van der Waals surface area contributed by atoms with Crippen LogP contribution in [0.4, 0.5) is 0 Å². The van der Waals surface area contributed by atoms with Crippen LogP contribution in [-0.4, -0.2) is 29.7 Å². The lowest BCUT2D eigenvalue weighted by molar-refractivity contribution is 0.223. The van der Waals surface area contributed by atoms with Gasteiger partial charge in [-0.05, 0) is 26.0 Å². The maximum Gasteiger partial charge on any atom is 0.104 e. The zero-order valence-corrected chi connectivity index (χ0v) is 11.7. The molecule has 0 saturated heterocycles. The Labute approximate surface area is 108 Å². The number of rotatable bonds is 5. The van der Waals surface area contributed by atoms with Crippen LogP contribution in [0.3, 0.4) is 0 Å². The molecule has 94 valence electrons. The summed E-state index contributed by atoms with van der Waals surface area (Å²) in [6, 6.07) is 2.77. The molecular formula is C14H21NOS. The van der Waals surface area contributed by atoms with Crippen molar-refractivity contribution >= 4 is 11.3 Å². The van der Waals surface area contributed by atoms with E-state index in [4.69, 9.17) is 5.11 Å². The molecule has 1 aromatic heterocycles. The van der Waals surface area contributed by atoms with Gasteiger partial charge in [-0.2, -0.15) is 0 Å². The van der Waals surface area contributed by atoms with E-state index in [1.807, 2.05) is 0 Å². The number of hydrogen-bond acceptors (Lipinski definition) is 3. The zero-order chi connectivity index (χ0) is 12.7. The van der Waals surface area contributed by atoms with Crippen molar-refractivity contribution in [2.45, 2.75) is 39.3 Å². The third-order valence-electron chi connectivity index (χ3n) is 2.94. The SMILES string of the molecule is CCC(CC)N(C)Cc1cc(C#CCO)cs1. The molecule has 17 heavy (non-hydrogen) atoms. The van der Waals surface area contributed by atoms with Crippen molar-refractivity contribution in [3.63, 3.8) is 0 Å². The quantitative estimate of drug-likeness (QED) is 0.813. The van der Waals surface area contributed by atoms with Crippen molar-refractivity contribution in [2.24, 2.45) is 0 Å². The molecule has 3 heteroatoms. The molecule has 1 rings (SSSR count). The molecule has 1 aromatic rings. The summed E-state index contributed by atoms with van der Waals surface area (Å²) < 4.78 is 0. The van der Waals surface area contributed by atoms with Gasteiger partial charge in [-0.3, -0.25) is 4.90 Å². The molecular weight excluding hydrogens is 230 g/mol. The highest BCUT2D eigenvalue weighted by atomic mass is 32.1. The van der Waals surface area contributed by atoms with Crippen molar-refractivity contribution in [2.75, 3.05) is 13.7 Å². The van der Waals surface area contributed by atoms with Crippen molar-refractivity contribution in [1.29, 1.82) is 0 Å². The Hall–Kier alpha value is -0.820. The summed E-state index contributed by atoms with van der Waals surface area (Å²) in [6.45, 7) is 5.38. The van der Waals surface area contributed by atoms with Gasteiger partial charge in [0.05, 0.1) is 0 Å². The van der Waals surface area contributed by atoms with Crippen LogP contribution in [0, 0.1) is 11.8 Å². The van der Waals surface area contributed by atoms with Gasteiger partial charge in [0.1, 0.15) is 6.61 Å². The van der Waals surface area contributed by atoms with E-state index in [1.54, 1.807) is 11.3 Å². The van der Waals surface area contributed by atoms with Crippen molar-refractivity contribution in [3.05, 3.63) is 21.9 Å². The van der Waals surface area contributed by atoms with Crippen molar-refractivity contribution < 1.29 is 5.11 Å². The van der Waals surface area contributed by atoms with Crippen LogP contribution in [0.1, 0.15) is 37.1 Å². The van der Waals surface area contributed by atoms with Gasteiger partial charge >= 0.3 is 0 Å². The lowest BCUT2D eigenvalue weighted by Gasteiger charge is -2.25. The van der Waals surface area contributed by atoms with Gasteiger partial charge in [0.2, 0.25) is 0 Å². The van der Waals surface area contributed by atoms with Crippen LogP contribution < -0.4 is 0 Å². The summed E-state index contributed by atoms with van der Waals surface area (Å²) in [7, 11) is 2.18. The number of thiophene rings is 1. The minimum atomic E-state index is -0.0706. The number of hydrogen-bond donors (Lipinski definition) is 1. The van der Waals surface area contributed by atoms with Crippen LogP contribution in [-0.2, 0) is 6.54 Å². The van der Waals surface area contributed by atoms with Gasteiger partial charge in [0.25, 0.3) is 0 Å². The Kier molecular flexibility index (Phi) is 6.28. The lowest BCUT2D eigenvalue weighted by Crippen LogP contribution is -2.29. The Morgan fingerprint density at radius 1 is 1.41 bits per heavy atom. The zero-order valence-electron chi connectivity index (χ0n) is 10.9.